The zero-order chi connectivity index (χ0) is 15.2. The molecule has 1 atom stereocenters. The molecule has 0 N–H and O–H groups in total. The normalized spacial score (nSPS) is 18.4. The second-order valence-electron chi connectivity index (χ2n) is 5.25. The van der Waals surface area contributed by atoms with Gasteiger partial charge >= 0.3 is 5.97 Å². The SMILES string of the molecule is COC(=O)C1CCCCN1C(=O)CCc1ccc(Cl)cc1. The molecule has 1 saturated heterocycles. The minimum absolute atomic E-state index is 0.0139. The maximum atomic E-state index is 12.4. The van der Waals surface area contributed by atoms with Gasteiger partial charge in [-0.1, -0.05) is 23.7 Å². The molecular formula is C16H20ClNO3. The number of piperidine rings is 1. The van der Waals surface area contributed by atoms with E-state index in [1.807, 2.05) is 24.3 Å². The highest BCUT2D eigenvalue weighted by atomic mass is 35.5. The number of carbonyl (C=O) groups is 2. The summed E-state index contributed by atoms with van der Waals surface area (Å²) in [5.41, 5.74) is 1.07. The van der Waals surface area contributed by atoms with E-state index in [0.717, 1.165) is 18.4 Å². The number of ether oxygens (including phenoxy) is 1. The molecule has 0 saturated carbocycles. The first kappa shape index (κ1) is 15.8. The minimum atomic E-state index is -0.415. The highest BCUT2D eigenvalue weighted by Crippen LogP contribution is 2.20. The van der Waals surface area contributed by atoms with Gasteiger partial charge in [-0.2, -0.15) is 0 Å². The van der Waals surface area contributed by atoms with E-state index >= 15 is 0 Å². The fourth-order valence-electron chi connectivity index (χ4n) is 2.66. The van der Waals surface area contributed by atoms with E-state index in [0.29, 0.717) is 30.8 Å². The summed E-state index contributed by atoms with van der Waals surface area (Å²) in [4.78, 5) is 25.8. The van der Waals surface area contributed by atoms with Crippen molar-refractivity contribution in [2.24, 2.45) is 0 Å². The van der Waals surface area contributed by atoms with Gasteiger partial charge in [-0.15, -0.1) is 0 Å². The van der Waals surface area contributed by atoms with Gasteiger partial charge in [-0.05, 0) is 43.4 Å². The number of hydrogen-bond donors (Lipinski definition) is 0. The number of methoxy groups -OCH3 is 1. The lowest BCUT2D eigenvalue weighted by Crippen LogP contribution is -2.48. The molecule has 2 rings (SSSR count). The van der Waals surface area contributed by atoms with E-state index in [2.05, 4.69) is 0 Å². The Balaban J connectivity index is 1.94. The molecule has 5 heteroatoms. The molecule has 1 aliphatic heterocycles. The maximum Gasteiger partial charge on any atom is 0.328 e. The average Bonchev–Trinajstić information content (AvgIpc) is 2.53. The zero-order valence-electron chi connectivity index (χ0n) is 12.2. The Bertz CT molecular complexity index is 501. The standard InChI is InChI=1S/C16H20ClNO3/c1-21-16(20)14-4-2-3-11-18(14)15(19)10-7-12-5-8-13(17)9-6-12/h5-6,8-9,14H,2-4,7,10-11H2,1H3. The van der Waals surface area contributed by atoms with Gasteiger partial charge in [-0.3, -0.25) is 4.79 Å². The van der Waals surface area contributed by atoms with E-state index in [4.69, 9.17) is 16.3 Å². The molecule has 1 unspecified atom stereocenters. The second-order valence-corrected chi connectivity index (χ2v) is 5.68. The molecule has 4 nitrogen and oxygen atoms in total. The van der Waals surface area contributed by atoms with Crippen molar-refractivity contribution < 1.29 is 14.3 Å². The van der Waals surface area contributed by atoms with E-state index in [9.17, 15) is 9.59 Å². The summed E-state index contributed by atoms with van der Waals surface area (Å²) in [6.45, 7) is 0.638. The van der Waals surface area contributed by atoms with E-state index < -0.39 is 6.04 Å². The van der Waals surface area contributed by atoms with Crippen molar-refractivity contribution in [3.8, 4) is 0 Å². The predicted molar refractivity (Wildman–Crippen MR) is 81.1 cm³/mol. The first-order chi connectivity index (χ1) is 10.1. The number of rotatable bonds is 4. The Morgan fingerprint density at radius 3 is 2.67 bits per heavy atom. The molecule has 1 aromatic rings. The van der Waals surface area contributed by atoms with Crippen LogP contribution in [-0.4, -0.2) is 36.5 Å². The summed E-state index contributed by atoms with van der Waals surface area (Å²) >= 11 is 5.84. The van der Waals surface area contributed by atoms with Gasteiger partial charge in [0.1, 0.15) is 6.04 Å². The third-order valence-electron chi connectivity index (χ3n) is 3.84. The molecule has 0 aliphatic carbocycles. The Hall–Kier alpha value is -1.55. The fraction of sp³-hybridized carbons (Fsp3) is 0.500. The summed E-state index contributed by atoms with van der Waals surface area (Å²) in [5.74, 6) is -0.297. The molecule has 21 heavy (non-hydrogen) atoms. The van der Waals surface area contributed by atoms with E-state index in [-0.39, 0.29) is 11.9 Å². The number of nitrogens with zero attached hydrogens (tertiary/aromatic N) is 1. The molecule has 0 spiro atoms. The number of aryl methyl sites for hydroxylation is 1. The van der Waals surface area contributed by atoms with Gasteiger partial charge in [0.2, 0.25) is 5.91 Å². The maximum absolute atomic E-state index is 12.4. The monoisotopic (exact) mass is 309 g/mol. The number of carbonyl (C=O) groups excluding carboxylic acids is 2. The molecule has 0 bridgehead atoms. The second kappa shape index (κ2) is 7.46. The molecule has 0 aromatic heterocycles. The summed E-state index contributed by atoms with van der Waals surface area (Å²) < 4.78 is 4.80. The Labute approximate surface area is 130 Å². The van der Waals surface area contributed by atoms with Crippen LogP contribution in [-0.2, 0) is 20.7 Å². The highest BCUT2D eigenvalue weighted by Gasteiger charge is 2.32. The van der Waals surface area contributed by atoms with Gasteiger partial charge in [-0.25, -0.2) is 4.79 Å². The fourth-order valence-corrected chi connectivity index (χ4v) is 2.78. The summed E-state index contributed by atoms with van der Waals surface area (Å²) in [6.07, 6.45) is 3.65. The number of hydrogen-bond acceptors (Lipinski definition) is 3. The van der Waals surface area contributed by atoms with Crippen molar-refractivity contribution in [3.63, 3.8) is 0 Å². The van der Waals surface area contributed by atoms with Crippen molar-refractivity contribution in [2.45, 2.75) is 38.1 Å². The first-order valence-corrected chi connectivity index (χ1v) is 7.61. The molecule has 1 aromatic carbocycles. The molecule has 114 valence electrons. The van der Waals surface area contributed by atoms with Crippen LogP contribution in [0.5, 0.6) is 0 Å². The van der Waals surface area contributed by atoms with Crippen molar-refractivity contribution in [2.75, 3.05) is 13.7 Å². The first-order valence-electron chi connectivity index (χ1n) is 7.23. The van der Waals surface area contributed by atoms with Gasteiger partial charge in [0.25, 0.3) is 0 Å². The molecule has 1 amide bonds. The van der Waals surface area contributed by atoms with Crippen LogP contribution in [0.1, 0.15) is 31.2 Å². The Morgan fingerprint density at radius 1 is 1.29 bits per heavy atom. The summed E-state index contributed by atoms with van der Waals surface area (Å²) in [6, 6.07) is 7.06. The van der Waals surface area contributed by atoms with Crippen LogP contribution in [0.2, 0.25) is 5.02 Å². The van der Waals surface area contributed by atoms with Crippen LogP contribution in [0.3, 0.4) is 0 Å². The molecule has 0 radical (unpaired) electrons. The van der Waals surface area contributed by atoms with Crippen LogP contribution >= 0.6 is 11.6 Å². The largest absolute Gasteiger partial charge is 0.467 e. The smallest absolute Gasteiger partial charge is 0.328 e. The third kappa shape index (κ3) is 4.21. The van der Waals surface area contributed by atoms with Gasteiger partial charge in [0.05, 0.1) is 7.11 Å². The van der Waals surface area contributed by atoms with Gasteiger partial charge in [0, 0.05) is 18.0 Å². The van der Waals surface area contributed by atoms with Crippen molar-refractivity contribution in [3.05, 3.63) is 34.9 Å². The quantitative estimate of drug-likeness (QED) is 0.804. The summed E-state index contributed by atoms with van der Waals surface area (Å²) in [5, 5.41) is 0.687. The lowest BCUT2D eigenvalue weighted by Gasteiger charge is -2.33. The van der Waals surface area contributed by atoms with Crippen LogP contribution in [0.15, 0.2) is 24.3 Å². The van der Waals surface area contributed by atoms with Crippen LogP contribution in [0, 0.1) is 0 Å². The Morgan fingerprint density at radius 2 is 2.00 bits per heavy atom. The lowest BCUT2D eigenvalue weighted by molar-refractivity contribution is -0.154. The van der Waals surface area contributed by atoms with Crippen LogP contribution in [0.25, 0.3) is 0 Å². The van der Waals surface area contributed by atoms with Crippen molar-refractivity contribution in [1.29, 1.82) is 0 Å². The molecule has 1 fully saturated rings. The summed E-state index contributed by atoms with van der Waals surface area (Å²) in [7, 11) is 1.37. The average molecular weight is 310 g/mol. The van der Waals surface area contributed by atoms with Crippen molar-refractivity contribution in [1.82, 2.24) is 4.90 Å². The molecular weight excluding hydrogens is 290 g/mol. The number of likely N-dealkylation sites (tertiary alicyclic amines) is 1. The van der Waals surface area contributed by atoms with Gasteiger partial charge in [0.15, 0.2) is 0 Å². The van der Waals surface area contributed by atoms with E-state index in [1.165, 1.54) is 7.11 Å². The topological polar surface area (TPSA) is 46.6 Å². The predicted octanol–water partition coefficient (Wildman–Crippen LogP) is 2.83. The minimum Gasteiger partial charge on any atom is -0.467 e. The molecule has 1 heterocycles. The number of esters is 1. The van der Waals surface area contributed by atoms with Gasteiger partial charge < -0.3 is 9.64 Å². The molecule has 1 aliphatic rings. The number of halogens is 1. The Kier molecular flexibility index (Phi) is 5.62. The highest BCUT2D eigenvalue weighted by molar-refractivity contribution is 6.30. The number of benzene rings is 1. The zero-order valence-corrected chi connectivity index (χ0v) is 12.9. The number of amides is 1. The third-order valence-corrected chi connectivity index (χ3v) is 4.09. The van der Waals surface area contributed by atoms with Crippen molar-refractivity contribution >= 4 is 23.5 Å². The van der Waals surface area contributed by atoms with E-state index in [1.54, 1.807) is 4.90 Å². The van der Waals surface area contributed by atoms with Crippen LogP contribution in [0.4, 0.5) is 0 Å². The van der Waals surface area contributed by atoms with Crippen LogP contribution < -0.4 is 0 Å². The lowest BCUT2D eigenvalue weighted by atomic mass is 10.0.